The van der Waals surface area contributed by atoms with Crippen molar-refractivity contribution < 1.29 is 19.3 Å². The van der Waals surface area contributed by atoms with Crippen LogP contribution in [0.5, 0.6) is 0 Å². The number of hydroxylamine groups is 3. The van der Waals surface area contributed by atoms with Gasteiger partial charge in [-0.1, -0.05) is 0 Å². The number of nitrogens with one attached hydrogen (secondary N) is 1. The number of amides is 2. The number of hydrogen-bond acceptors (Lipinski definition) is 5. The first-order valence-corrected chi connectivity index (χ1v) is 3.68. The topological polar surface area (TPSA) is 93.9 Å². The zero-order chi connectivity index (χ0) is 9.84. The van der Waals surface area contributed by atoms with Gasteiger partial charge in [0.2, 0.25) is 0 Å². The molecular weight excluding hydrogens is 178 g/mol. The highest BCUT2D eigenvalue weighted by Crippen LogP contribution is 2.09. The lowest BCUT2D eigenvalue weighted by atomic mass is 10.4. The summed E-state index contributed by atoms with van der Waals surface area (Å²) in [6.07, 6.45) is -0.553. The first-order valence-electron chi connectivity index (χ1n) is 3.68. The van der Waals surface area contributed by atoms with Gasteiger partial charge in [-0.3, -0.25) is 19.3 Å². The quantitative estimate of drug-likeness (QED) is 0.506. The Balaban J connectivity index is 2.37. The van der Waals surface area contributed by atoms with Gasteiger partial charge < -0.3 is 5.73 Å². The van der Waals surface area contributed by atoms with Gasteiger partial charge in [-0.2, -0.15) is 0 Å². The van der Waals surface area contributed by atoms with Crippen molar-refractivity contribution in [3.8, 4) is 0 Å². The lowest BCUT2D eigenvalue weighted by molar-refractivity contribution is -0.178. The maximum atomic E-state index is 11.0. The molecule has 3 N–H and O–H groups in total. The summed E-state index contributed by atoms with van der Waals surface area (Å²) in [5.41, 5.74) is 7.37. The van der Waals surface area contributed by atoms with Crippen molar-refractivity contribution in [2.24, 2.45) is 5.73 Å². The minimum absolute atomic E-state index is 0.0975. The number of rotatable bonds is 3. The van der Waals surface area contributed by atoms with E-state index in [0.717, 1.165) is 5.06 Å². The van der Waals surface area contributed by atoms with Gasteiger partial charge in [0.15, 0.2) is 0 Å². The molecule has 0 saturated carbocycles. The van der Waals surface area contributed by atoms with Crippen LogP contribution in [0.1, 0.15) is 6.42 Å². The highest BCUT2D eigenvalue weighted by Gasteiger charge is 2.29. The van der Waals surface area contributed by atoms with E-state index in [4.69, 9.17) is 10.6 Å². The van der Waals surface area contributed by atoms with Gasteiger partial charge in [0, 0.05) is 0 Å². The van der Waals surface area contributed by atoms with Crippen LogP contribution < -0.4 is 11.2 Å². The predicted octanol–water partition coefficient (Wildman–Crippen LogP) is -1.89. The number of nitrogens with two attached hydrogens (primary N) is 1. The van der Waals surface area contributed by atoms with Gasteiger partial charge in [-0.15, -0.1) is 0 Å². The van der Waals surface area contributed by atoms with Crippen LogP contribution in [-0.2, 0) is 19.3 Å². The summed E-state index contributed by atoms with van der Waals surface area (Å²) in [4.78, 5) is 31.1. The molecule has 74 valence electrons. The molecule has 0 spiro atoms. The molecule has 0 aromatic heterocycles. The molecule has 1 heterocycles. The summed E-state index contributed by atoms with van der Waals surface area (Å²) in [6.45, 7) is -0.208. The lowest BCUT2D eigenvalue weighted by Gasteiger charge is -2.13. The molecule has 7 heteroatoms. The van der Waals surface area contributed by atoms with E-state index >= 15 is 0 Å². The summed E-state index contributed by atoms with van der Waals surface area (Å²) in [6, 6.07) is 0. The first-order chi connectivity index (χ1) is 6.13. The summed E-state index contributed by atoms with van der Waals surface area (Å²) < 4.78 is 0. The highest BCUT2D eigenvalue weighted by atomic mass is 16.7. The Morgan fingerprint density at radius 3 is 3.08 bits per heavy atom. The largest absolute Gasteiger partial charge is 0.303 e. The third-order valence-electron chi connectivity index (χ3n) is 1.42. The third-order valence-corrected chi connectivity index (χ3v) is 1.42. The minimum atomic E-state index is -0.650. The smallest absolute Gasteiger partial charge is 0.265 e. The SMILES string of the molecule is CONC(=O)CN1OC(N)CC1=O. The second-order valence-corrected chi connectivity index (χ2v) is 2.51. The molecule has 7 nitrogen and oxygen atoms in total. The molecule has 1 rings (SSSR count). The molecule has 1 unspecified atom stereocenters. The molecule has 0 aromatic carbocycles. The third kappa shape index (κ3) is 2.65. The molecule has 2 amide bonds. The van der Waals surface area contributed by atoms with Crippen molar-refractivity contribution in [2.75, 3.05) is 13.7 Å². The Morgan fingerprint density at radius 2 is 2.62 bits per heavy atom. The van der Waals surface area contributed by atoms with E-state index in [2.05, 4.69) is 10.3 Å². The summed E-state index contributed by atoms with van der Waals surface area (Å²) >= 11 is 0. The van der Waals surface area contributed by atoms with E-state index in [1.54, 1.807) is 0 Å². The van der Waals surface area contributed by atoms with Crippen LogP contribution in [0.15, 0.2) is 0 Å². The number of nitrogens with zero attached hydrogens (tertiary/aromatic N) is 1. The zero-order valence-corrected chi connectivity index (χ0v) is 7.15. The van der Waals surface area contributed by atoms with Gasteiger partial charge in [0.25, 0.3) is 11.8 Å². The molecular formula is C6H11N3O4. The Morgan fingerprint density at radius 1 is 1.92 bits per heavy atom. The van der Waals surface area contributed by atoms with E-state index in [9.17, 15) is 9.59 Å². The summed E-state index contributed by atoms with van der Waals surface area (Å²) in [7, 11) is 1.30. The van der Waals surface area contributed by atoms with E-state index < -0.39 is 12.1 Å². The Bertz CT molecular complexity index is 220. The average Bonchev–Trinajstić information content (AvgIpc) is 2.30. The van der Waals surface area contributed by atoms with Crippen molar-refractivity contribution in [3.63, 3.8) is 0 Å². The highest BCUT2D eigenvalue weighted by molar-refractivity contribution is 5.84. The van der Waals surface area contributed by atoms with Crippen molar-refractivity contribution >= 4 is 11.8 Å². The maximum absolute atomic E-state index is 11.0. The van der Waals surface area contributed by atoms with Crippen LogP contribution in [0.4, 0.5) is 0 Å². The molecule has 13 heavy (non-hydrogen) atoms. The Hall–Kier alpha value is -1.18. The molecule has 1 aliphatic rings. The van der Waals surface area contributed by atoms with Crippen molar-refractivity contribution in [3.05, 3.63) is 0 Å². The Kier molecular flexibility index (Phi) is 3.18. The summed E-state index contributed by atoms with van der Waals surface area (Å²) in [5.74, 6) is -0.774. The van der Waals surface area contributed by atoms with Crippen molar-refractivity contribution in [1.29, 1.82) is 0 Å². The molecule has 1 atom stereocenters. The van der Waals surface area contributed by atoms with Crippen molar-refractivity contribution in [1.82, 2.24) is 10.5 Å². The van der Waals surface area contributed by atoms with Crippen LogP contribution in [0.2, 0.25) is 0 Å². The standard InChI is InChI=1S/C6H11N3O4/c1-12-8-5(10)3-9-6(11)2-4(7)13-9/h4H,2-3,7H2,1H3,(H,8,10). The fourth-order valence-electron chi connectivity index (χ4n) is 0.935. The van der Waals surface area contributed by atoms with Gasteiger partial charge in [0.1, 0.15) is 12.8 Å². The van der Waals surface area contributed by atoms with Gasteiger partial charge >= 0.3 is 0 Å². The second kappa shape index (κ2) is 4.17. The molecule has 1 aliphatic heterocycles. The van der Waals surface area contributed by atoms with E-state index in [0.29, 0.717) is 0 Å². The second-order valence-electron chi connectivity index (χ2n) is 2.51. The van der Waals surface area contributed by atoms with Crippen LogP contribution in [-0.4, -0.2) is 36.8 Å². The molecule has 1 fully saturated rings. The summed E-state index contributed by atoms with van der Waals surface area (Å²) in [5, 5.41) is 0.916. The van der Waals surface area contributed by atoms with E-state index in [-0.39, 0.29) is 18.9 Å². The van der Waals surface area contributed by atoms with Crippen LogP contribution in [0, 0.1) is 0 Å². The monoisotopic (exact) mass is 189 g/mol. The fraction of sp³-hybridized carbons (Fsp3) is 0.667. The van der Waals surface area contributed by atoms with Crippen LogP contribution in [0.3, 0.4) is 0 Å². The number of carbonyl (C=O) groups excluding carboxylic acids is 2. The average molecular weight is 189 g/mol. The predicted molar refractivity (Wildman–Crippen MR) is 40.5 cm³/mol. The lowest BCUT2D eigenvalue weighted by Crippen LogP contribution is -2.37. The molecule has 0 radical (unpaired) electrons. The first kappa shape index (κ1) is 9.90. The van der Waals surface area contributed by atoms with E-state index in [1.165, 1.54) is 7.11 Å². The van der Waals surface area contributed by atoms with Crippen LogP contribution in [0.25, 0.3) is 0 Å². The zero-order valence-electron chi connectivity index (χ0n) is 7.15. The van der Waals surface area contributed by atoms with Gasteiger partial charge in [0.05, 0.1) is 13.5 Å². The normalized spacial score (nSPS) is 22.2. The molecule has 0 bridgehead atoms. The van der Waals surface area contributed by atoms with E-state index in [1.807, 2.05) is 0 Å². The number of hydrogen-bond donors (Lipinski definition) is 2. The van der Waals surface area contributed by atoms with Crippen molar-refractivity contribution in [2.45, 2.75) is 12.6 Å². The molecule has 1 saturated heterocycles. The Labute approximate surface area is 74.7 Å². The molecule has 0 aliphatic carbocycles. The van der Waals surface area contributed by atoms with Gasteiger partial charge in [-0.25, -0.2) is 10.5 Å². The number of carbonyl (C=O) groups is 2. The molecule has 0 aromatic rings. The maximum Gasteiger partial charge on any atom is 0.265 e. The van der Waals surface area contributed by atoms with Crippen LogP contribution >= 0.6 is 0 Å². The fourth-order valence-corrected chi connectivity index (χ4v) is 0.935. The minimum Gasteiger partial charge on any atom is -0.303 e. The van der Waals surface area contributed by atoms with Gasteiger partial charge in [-0.05, 0) is 0 Å².